The number of likely N-dealkylation sites (N-methyl/N-ethyl adjacent to an activating group) is 1. The third kappa shape index (κ3) is 7.08. The molecule has 0 heterocycles. The molecule has 0 unspecified atom stereocenters. The minimum atomic E-state index is -4.44. The number of nitrogens with zero attached hydrogens (tertiary/aromatic N) is 2. The zero-order chi connectivity index (χ0) is 19.7. The predicted octanol–water partition coefficient (Wildman–Crippen LogP) is 1.39. The average Bonchev–Trinajstić information content (AvgIpc) is 2.59. The zero-order valence-electron chi connectivity index (χ0n) is 15.1. The van der Waals surface area contributed by atoms with Crippen molar-refractivity contribution in [3.05, 3.63) is 23.8 Å². The first-order valence-corrected chi connectivity index (χ1v) is 7.66. The van der Waals surface area contributed by atoms with Gasteiger partial charge in [0, 0.05) is 32.3 Å². The van der Waals surface area contributed by atoms with Crippen LogP contribution in [0.25, 0.3) is 0 Å². The van der Waals surface area contributed by atoms with E-state index in [2.05, 4.69) is 15.6 Å². The van der Waals surface area contributed by atoms with E-state index in [-0.39, 0.29) is 12.5 Å². The molecule has 7 nitrogen and oxygen atoms in total. The molecule has 1 amide bonds. The largest absolute Gasteiger partial charge is 0.497 e. The number of aliphatic imine (C=N–C) groups is 1. The van der Waals surface area contributed by atoms with Crippen LogP contribution in [0, 0.1) is 0 Å². The Kier molecular flexibility index (Phi) is 8.01. The van der Waals surface area contributed by atoms with E-state index < -0.39 is 18.6 Å². The molecule has 0 aliphatic rings. The molecule has 0 fully saturated rings. The lowest BCUT2D eigenvalue weighted by atomic mass is 10.2. The molecule has 0 bridgehead atoms. The Hall–Kier alpha value is -2.65. The summed E-state index contributed by atoms with van der Waals surface area (Å²) in [6.07, 6.45) is -4.44. The Morgan fingerprint density at radius 3 is 2.46 bits per heavy atom. The van der Waals surface area contributed by atoms with E-state index in [4.69, 9.17) is 9.47 Å². The minimum absolute atomic E-state index is 0.275. The maximum absolute atomic E-state index is 12.3. The summed E-state index contributed by atoms with van der Waals surface area (Å²) < 4.78 is 47.3. The minimum Gasteiger partial charge on any atom is -0.497 e. The highest BCUT2D eigenvalue weighted by molar-refractivity contribution is 5.86. The first kappa shape index (κ1) is 21.4. The molecule has 0 saturated carbocycles. The Labute approximate surface area is 150 Å². The number of guanidine groups is 1. The zero-order valence-corrected chi connectivity index (χ0v) is 15.1. The molecular weight excluding hydrogens is 353 g/mol. The molecule has 0 aromatic heterocycles. The molecular formula is C16H23F3N4O3. The van der Waals surface area contributed by atoms with E-state index in [0.717, 1.165) is 12.6 Å². The first-order chi connectivity index (χ1) is 12.2. The number of methoxy groups -OCH3 is 2. The van der Waals surface area contributed by atoms with Gasteiger partial charge >= 0.3 is 6.18 Å². The van der Waals surface area contributed by atoms with Crippen molar-refractivity contribution >= 4 is 11.9 Å². The first-order valence-electron chi connectivity index (χ1n) is 7.66. The summed E-state index contributed by atoms with van der Waals surface area (Å²) in [5, 5.41) is 5.65. The van der Waals surface area contributed by atoms with Crippen molar-refractivity contribution < 1.29 is 27.4 Å². The van der Waals surface area contributed by atoms with E-state index in [1.165, 1.54) is 14.2 Å². The number of ether oxygens (including phenoxy) is 2. The van der Waals surface area contributed by atoms with Crippen LogP contribution in [0.4, 0.5) is 13.2 Å². The van der Waals surface area contributed by atoms with Gasteiger partial charge in [0.05, 0.1) is 20.8 Å². The van der Waals surface area contributed by atoms with Crippen LogP contribution in [0.5, 0.6) is 11.5 Å². The van der Waals surface area contributed by atoms with Crippen LogP contribution >= 0.6 is 0 Å². The standard InChI is InChI=1S/C16H23F3N4O3/c1-20-15(22-9-14(24)23(2)10-16(17,18)19)21-8-11-5-6-12(25-3)7-13(11)26-4/h5-7H,8-10H2,1-4H3,(H2,20,21,22). The van der Waals surface area contributed by atoms with E-state index in [0.29, 0.717) is 22.9 Å². The van der Waals surface area contributed by atoms with Gasteiger partial charge in [-0.25, -0.2) is 0 Å². The second-order valence-electron chi connectivity index (χ2n) is 5.32. The van der Waals surface area contributed by atoms with Crippen molar-refractivity contribution in [3.63, 3.8) is 0 Å². The number of hydrogen-bond donors (Lipinski definition) is 2. The normalized spacial score (nSPS) is 11.7. The number of carbonyl (C=O) groups is 1. The summed E-state index contributed by atoms with van der Waals surface area (Å²) in [6.45, 7) is -1.28. The van der Waals surface area contributed by atoms with Crippen molar-refractivity contribution in [1.82, 2.24) is 15.5 Å². The van der Waals surface area contributed by atoms with E-state index >= 15 is 0 Å². The van der Waals surface area contributed by atoms with E-state index in [9.17, 15) is 18.0 Å². The fraction of sp³-hybridized carbons (Fsp3) is 0.500. The second kappa shape index (κ2) is 9.73. The summed E-state index contributed by atoms with van der Waals surface area (Å²) in [6, 6.07) is 5.30. The van der Waals surface area contributed by atoms with Gasteiger partial charge in [0.2, 0.25) is 5.91 Å². The molecule has 0 saturated heterocycles. The Balaban J connectivity index is 2.57. The molecule has 0 aliphatic carbocycles. The number of nitrogens with one attached hydrogen (secondary N) is 2. The molecule has 0 radical (unpaired) electrons. The van der Waals surface area contributed by atoms with Crippen LogP contribution in [-0.2, 0) is 11.3 Å². The summed E-state index contributed by atoms with van der Waals surface area (Å²) in [5.41, 5.74) is 0.816. The average molecular weight is 376 g/mol. The molecule has 0 aliphatic heterocycles. The van der Waals surface area contributed by atoms with E-state index in [1.807, 2.05) is 0 Å². The molecule has 1 aromatic rings. The Morgan fingerprint density at radius 2 is 1.92 bits per heavy atom. The van der Waals surface area contributed by atoms with Crippen molar-refractivity contribution in [3.8, 4) is 11.5 Å². The number of amides is 1. The molecule has 1 rings (SSSR count). The van der Waals surface area contributed by atoms with Crippen molar-refractivity contribution in [2.45, 2.75) is 12.7 Å². The van der Waals surface area contributed by atoms with Gasteiger partial charge < -0.3 is 25.0 Å². The lowest BCUT2D eigenvalue weighted by Gasteiger charge is -2.20. The number of rotatable bonds is 7. The highest BCUT2D eigenvalue weighted by Gasteiger charge is 2.31. The third-order valence-corrected chi connectivity index (χ3v) is 3.41. The maximum Gasteiger partial charge on any atom is 0.406 e. The van der Waals surface area contributed by atoms with Crippen LogP contribution < -0.4 is 20.1 Å². The van der Waals surface area contributed by atoms with Crippen molar-refractivity contribution in [2.75, 3.05) is 41.4 Å². The molecule has 1 aromatic carbocycles. The fourth-order valence-corrected chi connectivity index (χ4v) is 2.05. The monoisotopic (exact) mass is 376 g/mol. The molecule has 2 N–H and O–H groups in total. The van der Waals surface area contributed by atoms with Gasteiger partial charge in [-0.1, -0.05) is 0 Å². The summed E-state index contributed by atoms with van der Waals surface area (Å²) >= 11 is 0. The fourth-order valence-electron chi connectivity index (χ4n) is 2.05. The predicted molar refractivity (Wildman–Crippen MR) is 91.4 cm³/mol. The van der Waals surface area contributed by atoms with Crippen LogP contribution in [0.1, 0.15) is 5.56 Å². The molecule has 0 atom stereocenters. The van der Waals surface area contributed by atoms with Crippen LogP contribution in [0.15, 0.2) is 23.2 Å². The number of carbonyl (C=O) groups excluding carboxylic acids is 1. The Bertz CT molecular complexity index is 636. The number of hydrogen-bond acceptors (Lipinski definition) is 4. The van der Waals surface area contributed by atoms with Crippen LogP contribution in [0.2, 0.25) is 0 Å². The molecule has 146 valence electrons. The topological polar surface area (TPSA) is 75.2 Å². The number of benzene rings is 1. The molecule has 26 heavy (non-hydrogen) atoms. The van der Waals surface area contributed by atoms with Crippen LogP contribution in [0.3, 0.4) is 0 Å². The van der Waals surface area contributed by atoms with Gasteiger partial charge in [0.1, 0.15) is 18.0 Å². The van der Waals surface area contributed by atoms with Gasteiger partial charge in [-0.3, -0.25) is 9.79 Å². The Morgan fingerprint density at radius 1 is 1.23 bits per heavy atom. The van der Waals surface area contributed by atoms with Gasteiger partial charge in [-0.05, 0) is 12.1 Å². The van der Waals surface area contributed by atoms with Crippen LogP contribution in [-0.4, -0.2) is 64.3 Å². The van der Waals surface area contributed by atoms with E-state index in [1.54, 1.807) is 25.3 Å². The van der Waals surface area contributed by atoms with Gasteiger partial charge in [-0.2, -0.15) is 13.2 Å². The summed E-state index contributed by atoms with van der Waals surface area (Å²) in [4.78, 5) is 16.3. The SMILES string of the molecule is CN=C(NCC(=O)N(C)CC(F)(F)F)NCc1ccc(OC)cc1OC. The molecule has 10 heteroatoms. The third-order valence-electron chi connectivity index (χ3n) is 3.41. The van der Waals surface area contributed by atoms with Crippen molar-refractivity contribution in [2.24, 2.45) is 4.99 Å². The smallest absolute Gasteiger partial charge is 0.406 e. The quantitative estimate of drug-likeness (QED) is 0.556. The highest BCUT2D eigenvalue weighted by Crippen LogP contribution is 2.24. The lowest BCUT2D eigenvalue weighted by molar-refractivity contribution is -0.157. The van der Waals surface area contributed by atoms with Gasteiger partial charge in [-0.15, -0.1) is 0 Å². The molecule has 0 spiro atoms. The van der Waals surface area contributed by atoms with Gasteiger partial charge in [0.25, 0.3) is 0 Å². The number of alkyl halides is 3. The second-order valence-corrected chi connectivity index (χ2v) is 5.32. The summed E-state index contributed by atoms with van der Waals surface area (Å²) in [7, 11) is 5.66. The van der Waals surface area contributed by atoms with Crippen molar-refractivity contribution in [1.29, 1.82) is 0 Å². The maximum atomic E-state index is 12.3. The van der Waals surface area contributed by atoms with Gasteiger partial charge in [0.15, 0.2) is 5.96 Å². The lowest BCUT2D eigenvalue weighted by Crippen LogP contribution is -2.45. The highest BCUT2D eigenvalue weighted by atomic mass is 19.4. The summed E-state index contributed by atoms with van der Waals surface area (Å²) in [5.74, 6) is 0.823. The number of halogens is 3.